The highest BCUT2D eigenvalue weighted by Gasteiger charge is 2.12. The SMILES string of the molecule is NC(=NCC1CCCCC1)c1ccccc1. The second-order valence-electron chi connectivity index (χ2n) is 4.60. The van der Waals surface area contributed by atoms with Crippen LogP contribution in [0.15, 0.2) is 35.3 Å². The van der Waals surface area contributed by atoms with Gasteiger partial charge in [0.25, 0.3) is 0 Å². The molecule has 86 valence electrons. The molecule has 2 heteroatoms. The standard InChI is InChI=1S/C14H20N2/c15-14(13-9-5-2-6-10-13)16-11-12-7-3-1-4-8-12/h2,5-6,9-10,12H,1,3-4,7-8,11H2,(H2,15,16). The van der Waals surface area contributed by atoms with Crippen LogP contribution >= 0.6 is 0 Å². The number of amidine groups is 1. The van der Waals surface area contributed by atoms with Gasteiger partial charge in [-0.2, -0.15) is 0 Å². The molecule has 16 heavy (non-hydrogen) atoms. The lowest BCUT2D eigenvalue weighted by molar-refractivity contribution is 0.367. The summed E-state index contributed by atoms with van der Waals surface area (Å²) in [6.07, 6.45) is 6.78. The van der Waals surface area contributed by atoms with Crippen LogP contribution in [-0.2, 0) is 0 Å². The summed E-state index contributed by atoms with van der Waals surface area (Å²) >= 11 is 0. The lowest BCUT2D eigenvalue weighted by atomic mass is 9.89. The molecule has 0 aliphatic heterocycles. The molecule has 0 unspecified atom stereocenters. The number of nitrogens with zero attached hydrogens (tertiary/aromatic N) is 1. The molecule has 1 fully saturated rings. The molecule has 0 amide bonds. The molecule has 1 aliphatic rings. The largest absolute Gasteiger partial charge is 0.384 e. The van der Waals surface area contributed by atoms with Crippen LogP contribution in [0.25, 0.3) is 0 Å². The summed E-state index contributed by atoms with van der Waals surface area (Å²) in [7, 11) is 0. The zero-order chi connectivity index (χ0) is 11.2. The Morgan fingerprint density at radius 1 is 1.12 bits per heavy atom. The van der Waals surface area contributed by atoms with Gasteiger partial charge in [0.1, 0.15) is 5.84 Å². The first-order valence-corrected chi connectivity index (χ1v) is 6.21. The third kappa shape index (κ3) is 3.09. The highest BCUT2D eigenvalue weighted by molar-refractivity contribution is 5.97. The van der Waals surface area contributed by atoms with E-state index < -0.39 is 0 Å². The molecule has 0 radical (unpaired) electrons. The van der Waals surface area contributed by atoms with Crippen molar-refractivity contribution >= 4 is 5.84 Å². The van der Waals surface area contributed by atoms with Gasteiger partial charge >= 0.3 is 0 Å². The molecule has 0 saturated heterocycles. The average Bonchev–Trinajstić information content (AvgIpc) is 2.38. The molecule has 1 aromatic rings. The average molecular weight is 216 g/mol. The predicted molar refractivity (Wildman–Crippen MR) is 68.6 cm³/mol. The van der Waals surface area contributed by atoms with Crippen molar-refractivity contribution < 1.29 is 0 Å². The molecular weight excluding hydrogens is 196 g/mol. The van der Waals surface area contributed by atoms with E-state index in [9.17, 15) is 0 Å². The Labute approximate surface area is 97.6 Å². The topological polar surface area (TPSA) is 38.4 Å². The molecule has 0 heterocycles. The van der Waals surface area contributed by atoms with Crippen molar-refractivity contribution in [2.45, 2.75) is 32.1 Å². The Morgan fingerprint density at radius 3 is 2.50 bits per heavy atom. The fraction of sp³-hybridized carbons (Fsp3) is 0.500. The van der Waals surface area contributed by atoms with Gasteiger partial charge in [0, 0.05) is 12.1 Å². The van der Waals surface area contributed by atoms with Crippen molar-refractivity contribution in [1.29, 1.82) is 0 Å². The summed E-state index contributed by atoms with van der Waals surface area (Å²) < 4.78 is 0. The first kappa shape index (κ1) is 11.2. The Hall–Kier alpha value is -1.31. The van der Waals surface area contributed by atoms with Gasteiger partial charge in [-0.05, 0) is 18.8 Å². The third-order valence-corrected chi connectivity index (χ3v) is 3.31. The van der Waals surface area contributed by atoms with Crippen molar-refractivity contribution in [3.63, 3.8) is 0 Å². The second-order valence-corrected chi connectivity index (χ2v) is 4.60. The van der Waals surface area contributed by atoms with Crippen molar-refractivity contribution in [3.05, 3.63) is 35.9 Å². The first-order valence-electron chi connectivity index (χ1n) is 6.21. The maximum atomic E-state index is 5.96. The lowest BCUT2D eigenvalue weighted by Crippen LogP contribution is -2.17. The van der Waals surface area contributed by atoms with Gasteiger partial charge in [0.2, 0.25) is 0 Å². The second kappa shape index (κ2) is 5.69. The van der Waals surface area contributed by atoms with Gasteiger partial charge in [-0.15, -0.1) is 0 Å². The van der Waals surface area contributed by atoms with E-state index in [0.717, 1.165) is 18.0 Å². The van der Waals surface area contributed by atoms with Crippen LogP contribution in [0.4, 0.5) is 0 Å². The van der Waals surface area contributed by atoms with E-state index in [0.29, 0.717) is 5.84 Å². The smallest absolute Gasteiger partial charge is 0.125 e. The van der Waals surface area contributed by atoms with Crippen LogP contribution in [0, 0.1) is 5.92 Å². The van der Waals surface area contributed by atoms with E-state index in [1.54, 1.807) is 0 Å². The number of benzene rings is 1. The molecule has 0 bridgehead atoms. The maximum Gasteiger partial charge on any atom is 0.125 e. The Morgan fingerprint density at radius 2 is 1.81 bits per heavy atom. The molecule has 2 nitrogen and oxygen atoms in total. The van der Waals surface area contributed by atoms with E-state index in [1.807, 2.05) is 30.3 Å². The van der Waals surface area contributed by atoms with E-state index in [2.05, 4.69) is 4.99 Å². The van der Waals surface area contributed by atoms with Crippen LogP contribution in [0.3, 0.4) is 0 Å². The lowest BCUT2D eigenvalue weighted by Gasteiger charge is -2.19. The molecule has 0 atom stereocenters. The van der Waals surface area contributed by atoms with Crippen molar-refractivity contribution in [2.24, 2.45) is 16.6 Å². The molecule has 2 N–H and O–H groups in total. The van der Waals surface area contributed by atoms with Crippen LogP contribution in [-0.4, -0.2) is 12.4 Å². The molecular formula is C14H20N2. The van der Waals surface area contributed by atoms with Crippen molar-refractivity contribution in [3.8, 4) is 0 Å². The normalized spacial score (nSPS) is 18.6. The van der Waals surface area contributed by atoms with E-state index in [4.69, 9.17) is 5.73 Å². The molecule has 1 aromatic carbocycles. The van der Waals surface area contributed by atoms with Crippen LogP contribution in [0.1, 0.15) is 37.7 Å². The van der Waals surface area contributed by atoms with E-state index >= 15 is 0 Å². The quantitative estimate of drug-likeness (QED) is 0.612. The van der Waals surface area contributed by atoms with Gasteiger partial charge in [-0.1, -0.05) is 49.6 Å². The monoisotopic (exact) mass is 216 g/mol. The van der Waals surface area contributed by atoms with Gasteiger partial charge in [-0.25, -0.2) is 0 Å². The highest BCUT2D eigenvalue weighted by Crippen LogP contribution is 2.23. The van der Waals surface area contributed by atoms with E-state index in [-0.39, 0.29) is 0 Å². The van der Waals surface area contributed by atoms with E-state index in [1.165, 1.54) is 32.1 Å². The summed E-state index contributed by atoms with van der Waals surface area (Å²) in [6, 6.07) is 10.0. The van der Waals surface area contributed by atoms with Gasteiger partial charge in [0.05, 0.1) is 0 Å². The molecule has 1 aliphatic carbocycles. The zero-order valence-electron chi connectivity index (χ0n) is 9.73. The zero-order valence-corrected chi connectivity index (χ0v) is 9.73. The first-order chi connectivity index (χ1) is 7.86. The summed E-state index contributed by atoms with van der Waals surface area (Å²) in [5.74, 6) is 1.45. The molecule has 1 saturated carbocycles. The number of aliphatic imine (C=N–C) groups is 1. The Balaban J connectivity index is 1.91. The van der Waals surface area contributed by atoms with Gasteiger partial charge in [-0.3, -0.25) is 4.99 Å². The number of hydrogen-bond donors (Lipinski definition) is 1. The fourth-order valence-electron chi connectivity index (χ4n) is 2.30. The summed E-state index contributed by atoms with van der Waals surface area (Å²) in [5.41, 5.74) is 7.00. The highest BCUT2D eigenvalue weighted by atomic mass is 14.9. The van der Waals surface area contributed by atoms with Crippen LogP contribution in [0.2, 0.25) is 0 Å². The van der Waals surface area contributed by atoms with Crippen molar-refractivity contribution in [2.75, 3.05) is 6.54 Å². The van der Waals surface area contributed by atoms with Gasteiger partial charge < -0.3 is 5.73 Å². The molecule has 0 aromatic heterocycles. The summed E-state index contributed by atoms with van der Waals surface area (Å²) in [5, 5.41) is 0. The Bertz CT molecular complexity index is 337. The third-order valence-electron chi connectivity index (χ3n) is 3.31. The number of rotatable bonds is 3. The minimum absolute atomic E-state index is 0.686. The van der Waals surface area contributed by atoms with Crippen LogP contribution in [0.5, 0.6) is 0 Å². The fourth-order valence-corrected chi connectivity index (χ4v) is 2.30. The maximum absolute atomic E-state index is 5.96. The predicted octanol–water partition coefficient (Wildman–Crippen LogP) is 2.97. The minimum Gasteiger partial charge on any atom is -0.384 e. The Kier molecular flexibility index (Phi) is 3.97. The van der Waals surface area contributed by atoms with Crippen LogP contribution < -0.4 is 5.73 Å². The summed E-state index contributed by atoms with van der Waals surface area (Å²) in [4.78, 5) is 4.51. The number of nitrogens with two attached hydrogens (primary N) is 1. The summed E-state index contributed by atoms with van der Waals surface area (Å²) in [6.45, 7) is 0.903. The molecule has 0 spiro atoms. The van der Waals surface area contributed by atoms with Gasteiger partial charge in [0.15, 0.2) is 0 Å². The van der Waals surface area contributed by atoms with Crippen molar-refractivity contribution in [1.82, 2.24) is 0 Å². The minimum atomic E-state index is 0.686. The molecule has 2 rings (SSSR count). The number of hydrogen-bond acceptors (Lipinski definition) is 1.